The van der Waals surface area contributed by atoms with Gasteiger partial charge in [-0.05, 0) is 45.0 Å². The van der Waals surface area contributed by atoms with E-state index < -0.39 is 0 Å². The Bertz CT molecular complexity index is 1170. The zero-order chi connectivity index (χ0) is 25.8. The van der Waals surface area contributed by atoms with Gasteiger partial charge in [0.05, 0.1) is 19.6 Å². The van der Waals surface area contributed by atoms with Gasteiger partial charge < -0.3 is 30.0 Å². The Morgan fingerprint density at radius 1 is 0.833 bits per heavy atom. The zero-order valence-corrected chi connectivity index (χ0v) is 22.2. The fraction of sp³-hybridized carbons (Fsp3) is 0.500. The van der Waals surface area contributed by atoms with E-state index in [4.69, 9.17) is 9.98 Å². The molecule has 0 fully saturated rings. The third kappa shape index (κ3) is 6.18. The predicted octanol–water partition coefficient (Wildman–Crippen LogP) is 0.977. The van der Waals surface area contributed by atoms with E-state index in [9.17, 15) is 0 Å². The molecule has 0 saturated carbocycles. The maximum Gasteiger partial charge on any atom is 0.203 e. The highest BCUT2D eigenvalue weighted by atomic mass is 15.4. The number of aliphatic imine (C=N–C) groups is 4. The molecule has 12 heteroatoms. The molecule has 0 aliphatic carbocycles. The van der Waals surface area contributed by atoms with Crippen LogP contribution in [0.25, 0.3) is 0 Å². The smallest absolute Gasteiger partial charge is 0.203 e. The van der Waals surface area contributed by atoms with Gasteiger partial charge in [-0.2, -0.15) is 0 Å². The predicted molar refractivity (Wildman–Crippen MR) is 145 cm³/mol. The van der Waals surface area contributed by atoms with Gasteiger partial charge in [0.25, 0.3) is 0 Å². The Balaban J connectivity index is 1.57. The van der Waals surface area contributed by atoms with Crippen LogP contribution in [0.2, 0.25) is 0 Å². The van der Waals surface area contributed by atoms with Crippen LogP contribution in [0, 0.1) is 13.8 Å². The van der Waals surface area contributed by atoms with Gasteiger partial charge in [-0.25, -0.2) is 15.0 Å². The topological polar surface area (TPSA) is 127 Å². The molecule has 2 aliphatic rings. The third-order valence-electron chi connectivity index (χ3n) is 5.91. The van der Waals surface area contributed by atoms with Gasteiger partial charge in [0.1, 0.15) is 12.3 Å². The zero-order valence-electron chi connectivity index (χ0n) is 22.2. The normalized spacial score (nSPS) is 20.5. The lowest BCUT2D eigenvalue weighted by Gasteiger charge is -2.35. The lowest BCUT2D eigenvalue weighted by molar-refractivity contribution is 0.344. The second-order valence-corrected chi connectivity index (χ2v) is 9.44. The molecule has 194 valence electrons. The standard InChI is InChI=1S/C24H38N12/c1-15-8-10-18(26-15)12-35(7)23-31-20(30-21(25-4)32-23)14-36(13-19-11-9-16(2)27-19)24-29-17(3)28-22(33-24)34(5)6/h8-11,17,20,26-27H,12-14H2,1-7H3,(H,28,29,33)(H2,25,30,31,32). The lowest BCUT2D eigenvalue weighted by Crippen LogP contribution is -2.59. The molecule has 36 heavy (non-hydrogen) atoms. The molecule has 2 atom stereocenters. The van der Waals surface area contributed by atoms with Crippen molar-refractivity contribution in [2.75, 3.05) is 34.7 Å². The van der Waals surface area contributed by atoms with Crippen molar-refractivity contribution < 1.29 is 0 Å². The van der Waals surface area contributed by atoms with Crippen molar-refractivity contribution in [3.63, 3.8) is 0 Å². The van der Waals surface area contributed by atoms with Gasteiger partial charge in [-0.3, -0.25) is 15.6 Å². The quantitative estimate of drug-likeness (QED) is 0.407. The van der Waals surface area contributed by atoms with E-state index in [2.05, 4.69) is 83.8 Å². The molecule has 4 heterocycles. The number of H-pyrrole nitrogens is 2. The summed E-state index contributed by atoms with van der Waals surface area (Å²) in [7, 11) is 7.72. The van der Waals surface area contributed by atoms with Crippen molar-refractivity contribution in [2.24, 2.45) is 20.0 Å². The molecule has 0 aromatic carbocycles. The summed E-state index contributed by atoms with van der Waals surface area (Å²) in [5.41, 5.74) is 4.48. The fourth-order valence-corrected chi connectivity index (χ4v) is 4.13. The Morgan fingerprint density at radius 3 is 2.06 bits per heavy atom. The molecule has 0 spiro atoms. The summed E-state index contributed by atoms with van der Waals surface area (Å²) in [4.78, 5) is 31.8. The number of aromatic amines is 2. The highest BCUT2D eigenvalue weighted by Gasteiger charge is 2.27. The third-order valence-corrected chi connectivity index (χ3v) is 5.91. The largest absolute Gasteiger partial charge is 0.361 e. The summed E-state index contributed by atoms with van der Waals surface area (Å²) in [5.74, 6) is 2.97. The Morgan fingerprint density at radius 2 is 1.47 bits per heavy atom. The molecule has 0 amide bonds. The van der Waals surface area contributed by atoms with E-state index in [1.807, 2.05) is 33.0 Å². The van der Waals surface area contributed by atoms with Crippen molar-refractivity contribution >= 4 is 23.8 Å². The maximum absolute atomic E-state index is 4.99. The summed E-state index contributed by atoms with van der Waals surface area (Å²) < 4.78 is 0. The highest BCUT2D eigenvalue weighted by molar-refractivity contribution is 6.01. The van der Waals surface area contributed by atoms with Crippen LogP contribution < -0.4 is 16.0 Å². The van der Waals surface area contributed by atoms with Crippen LogP contribution >= 0.6 is 0 Å². The van der Waals surface area contributed by atoms with Gasteiger partial charge in [0.2, 0.25) is 17.9 Å². The molecule has 2 aromatic heterocycles. The van der Waals surface area contributed by atoms with Gasteiger partial charge >= 0.3 is 0 Å². The van der Waals surface area contributed by atoms with Crippen LogP contribution in [0.4, 0.5) is 0 Å². The van der Waals surface area contributed by atoms with Crippen molar-refractivity contribution in [3.8, 4) is 0 Å². The molecule has 12 nitrogen and oxygen atoms in total. The Hall–Kier alpha value is -3.96. The summed E-state index contributed by atoms with van der Waals surface area (Å²) in [6, 6.07) is 8.35. The van der Waals surface area contributed by atoms with Crippen LogP contribution in [-0.4, -0.2) is 95.6 Å². The summed E-state index contributed by atoms with van der Waals surface area (Å²) in [5, 5.41) is 10.1. The van der Waals surface area contributed by atoms with Crippen molar-refractivity contribution in [1.82, 2.24) is 40.6 Å². The van der Waals surface area contributed by atoms with Gasteiger partial charge in [-0.15, -0.1) is 0 Å². The second-order valence-electron chi connectivity index (χ2n) is 9.44. The minimum absolute atomic E-state index is 0.185. The first kappa shape index (κ1) is 25.1. The highest BCUT2D eigenvalue weighted by Crippen LogP contribution is 2.12. The molecular weight excluding hydrogens is 456 g/mol. The number of aryl methyl sites for hydroxylation is 2. The summed E-state index contributed by atoms with van der Waals surface area (Å²) in [6.45, 7) is 8.00. The molecule has 2 aliphatic heterocycles. The fourth-order valence-electron chi connectivity index (χ4n) is 4.13. The Kier molecular flexibility index (Phi) is 7.51. The first-order valence-electron chi connectivity index (χ1n) is 12.1. The van der Waals surface area contributed by atoms with Crippen molar-refractivity contribution in [3.05, 3.63) is 47.0 Å². The second kappa shape index (κ2) is 10.8. The van der Waals surface area contributed by atoms with Crippen LogP contribution in [0.3, 0.4) is 0 Å². The van der Waals surface area contributed by atoms with E-state index >= 15 is 0 Å². The SMILES string of the molecule is CN=C1NC(N(C)Cc2ccc(C)[nH]2)=NC(CN(Cc2ccc(C)[nH]2)C2=NC(C)N=C(N(C)C)N2)N1. The first-order valence-corrected chi connectivity index (χ1v) is 12.1. The van der Waals surface area contributed by atoms with Gasteiger partial charge in [0, 0.05) is 51.0 Å². The number of nitrogens with zero attached hydrogens (tertiary/aromatic N) is 7. The van der Waals surface area contributed by atoms with Crippen molar-refractivity contribution in [1.29, 1.82) is 0 Å². The number of guanidine groups is 4. The van der Waals surface area contributed by atoms with Crippen LogP contribution in [-0.2, 0) is 13.1 Å². The molecule has 4 rings (SSSR count). The number of aromatic nitrogens is 2. The van der Waals surface area contributed by atoms with E-state index in [0.29, 0.717) is 25.6 Å². The molecule has 0 bridgehead atoms. The molecular formula is C24H38N12. The van der Waals surface area contributed by atoms with Crippen LogP contribution in [0.15, 0.2) is 44.2 Å². The van der Waals surface area contributed by atoms with Gasteiger partial charge in [0.15, 0.2) is 5.96 Å². The monoisotopic (exact) mass is 494 g/mol. The Labute approximate surface area is 212 Å². The average Bonchev–Trinajstić information content (AvgIpc) is 3.44. The van der Waals surface area contributed by atoms with E-state index in [1.165, 1.54) is 0 Å². The molecule has 5 N–H and O–H groups in total. The minimum atomic E-state index is -0.245. The number of nitrogens with one attached hydrogen (secondary N) is 5. The molecule has 2 aromatic rings. The van der Waals surface area contributed by atoms with E-state index in [-0.39, 0.29) is 12.3 Å². The number of rotatable bonds is 6. The first-order chi connectivity index (χ1) is 17.2. The summed E-state index contributed by atoms with van der Waals surface area (Å²) >= 11 is 0. The maximum atomic E-state index is 4.99. The molecule has 0 radical (unpaired) electrons. The molecule has 2 unspecified atom stereocenters. The molecule has 0 saturated heterocycles. The summed E-state index contributed by atoms with van der Waals surface area (Å²) in [6.07, 6.45) is -0.431. The van der Waals surface area contributed by atoms with Crippen LogP contribution in [0.1, 0.15) is 29.7 Å². The average molecular weight is 495 g/mol. The van der Waals surface area contributed by atoms with E-state index in [1.54, 1.807) is 7.05 Å². The lowest BCUT2D eigenvalue weighted by atomic mass is 10.3. The van der Waals surface area contributed by atoms with Crippen LogP contribution in [0.5, 0.6) is 0 Å². The van der Waals surface area contributed by atoms with Crippen molar-refractivity contribution in [2.45, 2.75) is 46.2 Å². The van der Waals surface area contributed by atoms with E-state index in [0.717, 1.165) is 40.7 Å². The number of hydrogen-bond donors (Lipinski definition) is 5. The minimum Gasteiger partial charge on any atom is -0.361 e. The van der Waals surface area contributed by atoms with Gasteiger partial charge in [-0.1, -0.05) is 0 Å². The number of hydrogen-bond acceptors (Lipinski definition) is 8.